The summed E-state index contributed by atoms with van der Waals surface area (Å²) in [4.78, 5) is 22.3. The van der Waals surface area contributed by atoms with Crippen molar-refractivity contribution in [1.82, 2.24) is 5.32 Å². The maximum atomic E-state index is 11.4. The number of hydrogen-bond acceptors (Lipinski definition) is 3. The largest absolute Gasteiger partial charge is 0.481 e. The van der Waals surface area contributed by atoms with Gasteiger partial charge in [-0.2, -0.15) is 0 Å². The first-order valence-electron chi connectivity index (χ1n) is 5.18. The quantitative estimate of drug-likeness (QED) is 0.701. The van der Waals surface area contributed by atoms with Gasteiger partial charge in [0.05, 0.1) is 12.0 Å². The number of hydrogen-bond donors (Lipinski definition) is 2. The lowest BCUT2D eigenvalue weighted by Gasteiger charge is -2.22. The van der Waals surface area contributed by atoms with Crippen molar-refractivity contribution in [1.29, 1.82) is 0 Å². The standard InChI is InChI=1S/C11H17NO4/c1-11(2,3)16-10(15)12-8-6-4-5-7(8)9(13)14/h4,6-8H,5H2,1-3H3,(H,12,15)(H,13,14)/t7-,8+/m0/s1. The van der Waals surface area contributed by atoms with Crippen molar-refractivity contribution in [2.45, 2.75) is 38.8 Å². The second-order valence-corrected chi connectivity index (χ2v) is 4.78. The molecule has 0 fully saturated rings. The molecule has 16 heavy (non-hydrogen) atoms. The van der Waals surface area contributed by atoms with Gasteiger partial charge in [0.1, 0.15) is 5.60 Å². The molecule has 0 bridgehead atoms. The number of rotatable bonds is 2. The van der Waals surface area contributed by atoms with Crippen LogP contribution in [0.25, 0.3) is 0 Å². The molecule has 0 unspecified atom stereocenters. The zero-order valence-electron chi connectivity index (χ0n) is 9.69. The minimum atomic E-state index is -0.911. The third-order valence-corrected chi connectivity index (χ3v) is 2.17. The van der Waals surface area contributed by atoms with E-state index in [1.165, 1.54) is 0 Å². The maximum Gasteiger partial charge on any atom is 0.408 e. The summed E-state index contributed by atoms with van der Waals surface area (Å²) in [6.45, 7) is 5.27. The maximum absolute atomic E-state index is 11.4. The van der Waals surface area contributed by atoms with Gasteiger partial charge in [0.15, 0.2) is 0 Å². The Morgan fingerprint density at radius 3 is 2.56 bits per heavy atom. The number of amides is 1. The molecule has 5 nitrogen and oxygen atoms in total. The van der Waals surface area contributed by atoms with E-state index >= 15 is 0 Å². The van der Waals surface area contributed by atoms with Crippen LogP contribution in [0, 0.1) is 5.92 Å². The van der Waals surface area contributed by atoms with Gasteiger partial charge < -0.3 is 15.2 Å². The Kier molecular flexibility index (Phi) is 3.57. The van der Waals surface area contributed by atoms with Gasteiger partial charge in [-0.05, 0) is 27.2 Å². The van der Waals surface area contributed by atoms with Gasteiger partial charge in [-0.15, -0.1) is 0 Å². The summed E-state index contributed by atoms with van der Waals surface area (Å²) in [6, 6.07) is -0.479. The lowest BCUT2D eigenvalue weighted by Crippen LogP contribution is -2.42. The van der Waals surface area contributed by atoms with E-state index in [-0.39, 0.29) is 0 Å². The lowest BCUT2D eigenvalue weighted by atomic mass is 10.0. The van der Waals surface area contributed by atoms with E-state index in [0.29, 0.717) is 6.42 Å². The number of allylic oxidation sites excluding steroid dienone is 1. The van der Waals surface area contributed by atoms with Crippen LogP contribution in [0.3, 0.4) is 0 Å². The summed E-state index contributed by atoms with van der Waals surface area (Å²) in [5.74, 6) is -1.50. The highest BCUT2D eigenvalue weighted by molar-refractivity contribution is 5.75. The molecule has 0 saturated heterocycles. The number of nitrogens with one attached hydrogen (secondary N) is 1. The fourth-order valence-corrected chi connectivity index (χ4v) is 1.50. The lowest BCUT2D eigenvalue weighted by molar-refractivity contribution is -0.141. The fraction of sp³-hybridized carbons (Fsp3) is 0.636. The van der Waals surface area contributed by atoms with E-state index in [1.807, 2.05) is 0 Å². The summed E-state index contributed by atoms with van der Waals surface area (Å²) < 4.78 is 5.05. The Hall–Kier alpha value is -1.52. The minimum Gasteiger partial charge on any atom is -0.481 e. The number of ether oxygens (including phenoxy) is 1. The fourth-order valence-electron chi connectivity index (χ4n) is 1.50. The molecule has 0 aliphatic heterocycles. The van der Waals surface area contributed by atoms with E-state index in [9.17, 15) is 9.59 Å². The molecule has 1 rings (SSSR count). The smallest absolute Gasteiger partial charge is 0.408 e. The van der Waals surface area contributed by atoms with Crippen LogP contribution in [0.5, 0.6) is 0 Å². The second kappa shape index (κ2) is 4.55. The molecule has 0 aromatic heterocycles. The summed E-state index contributed by atoms with van der Waals surface area (Å²) in [5, 5.41) is 11.4. The monoisotopic (exact) mass is 227 g/mol. The number of carbonyl (C=O) groups is 2. The second-order valence-electron chi connectivity index (χ2n) is 4.78. The third-order valence-electron chi connectivity index (χ3n) is 2.17. The molecule has 5 heteroatoms. The molecule has 0 spiro atoms. The van der Waals surface area contributed by atoms with Crippen molar-refractivity contribution in [3.8, 4) is 0 Å². The van der Waals surface area contributed by atoms with E-state index in [4.69, 9.17) is 9.84 Å². The van der Waals surface area contributed by atoms with Crippen LogP contribution in [0.2, 0.25) is 0 Å². The van der Waals surface area contributed by atoms with Gasteiger partial charge in [-0.25, -0.2) is 4.79 Å². The molecule has 2 N–H and O–H groups in total. The van der Waals surface area contributed by atoms with Crippen molar-refractivity contribution < 1.29 is 19.4 Å². The Balaban J connectivity index is 2.51. The van der Waals surface area contributed by atoms with Gasteiger partial charge in [-0.1, -0.05) is 12.2 Å². The van der Waals surface area contributed by atoms with Crippen LogP contribution in [-0.4, -0.2) is 28.8 Å². The normalized spacial score (nSPS) is 24.2. The zero-order valence-corrected chi connectivity index (χ0v) is 9.69. The Bertz CT molecular complexity index is 316. The molecule has 90 valence electrons. The SMILES string of the molecule is CC(C)(C)OC(=O)N[C@@H]1C=CC[C@@H]1C(=O)O. The summed E-state index contributed by atoms with van der Waals surface area (Å²) in [6.07, 6.45) is 3.29. The molecule has 0 saturated carbocycles. The Labute approximate surface area is 94.5 Å². The number of carboxylic acids is 1. The predicted octanol–water partition coefficient (Wildman–Crippen LogP) is 1.54. The van der Waals surface area contributed by atoms with E-state index in [1.54, 1.807) is 32.9 Å². The molecule has 0 radical (unpaired) electrons. The Morgan fingerprint density at radius 1 is 1.44 bits per heavy atom. The van der Waals surface area contributed by atoms with Crippen molar-refractivity contribution in [3.63, 3.8) is 0 Å². The van der Waals surface area contributed by atoms with Crippen LogP contribution < -0.4 is 5.32 Å². The zero-order chi connectivity index (χ0) is 12.3. The van der Waals surface area contributed by atoms with Gasteiger partial charge >= 0.3 is 12.1 Å². The molecule has 1 amide bonds. The number of alkyl carbamates (subject to hydrolysis) is 1. The van der Waals surface area contributed by atoms with Crippen LogP contribution >= 0.6 is 0 Å². The summed E-state index contributed by atoms with van der Waals surface area (Å²) >= 11 is 0. The summed E-state index contributed by atoms with van der Waals surface area (Å²) in [7, 11) is 0. The van der Waals surface area contributed by atoms with Crippen LogP contribution in [0.15, 0.2) is 12.2 Å². The minimum absolute atomic E-state index is 0.440. The topological polar surface area (TPSA) is 75.6 Å². The third kappa shape index (κ3) is 3.56. The van der Waals surface area contributed by atoms with Gasteiger partial charge in [0.2, 0.25) is 0 Å². The first kappa shape index (κ1) is 12.5. The molecule has 0 heterocycles. The molecular formula is C11H17NO4. The van der Waals surface area contributed by atoms with Crippen molar-refractivity contribution in [2.75, 3.05) is 0 Å². The van der Waals surface area contributed by atoms with E-state index in [2.05, 4.69) is 5.32 Å². The van der Waals surface area contributed by atoms with Crippen LogP contribution in [0.1, 0.15) is 27.2 Å². The first-order valence-corrected chi connectivity index (χ1v) is 5.18. The average molecular weight is 227 g/mol. The van der Waals surface area contributed by atoms with E-state index in [0.717, 1.165) is 0 Å². The van der Waals surface area contributed by atoms with Gasteiger partial charge in [0.25, 0.3) is 0 Å². The van der Waals surface area contributed by atoms with Crippen LogP contribution in [-0.2, 0) is 9.53 Å². The number of carbonyl (C=O) groups excluding carboxylic acids is 1. The van der Waals surface area contributed by atoms with Crippen molar-refractivity contribution >= 4 is 12.1 Å². The molecule has 0 aromatic rings. The highest BCUT2D eigenvalue weighted by Crippen LogP contribution is 2.19. The van der Waals surface area contributed by atoms with E-state index < -0.39 is 29.6 Å². The van der Waals surface area contributed by atoms with Crippen molar-refractivity contribution in [3.05, 3.63) is 12.2 Å². The first-order chi connectivity index (χ1) is 7.29. The van der Waals surface area contributed by atoms with Gasteiger partial charge in [-0.3, -0.25) is 4.79 Å². The number of aliphatic carboxylic acids is 1. The highest BCUT2D eigenvalue weighted by atomic mass is 16.6. The predicted molar refractivity (Wildman–Crippen MR) is 58.0 cm³/mol. The molecule has 1 aliphatic carbocycles. The summed E-state index contributed by atoms with van der Waals surface area (Å²) in [5.41, 5.74) is -0.578. The highest BCUT2D eigenvalue weighted by Gasteiger charge is 2.31. The average Bonchev–Trinajstić information content (AvgIpc) is 2.47. The number of carboxylic acid groups (broad SMARTS) is 1. The molecule has 0 aromatic carbocycles. The molecular weight excluding hydrogens is 210 g/mol. The Morgan fingerprint density at radius 2 is 2.06 bits per heavy atom. The molecule has 2 atom stereocenters. The van der Waals surface area contributed by atoms with Gasteiger partial charge in [0, 0.05) is 0 Å². The molecule has 1 aliphatic rings. The van der Waals surface area contributed by atoms with Crippen LogP contribution in [0.4, 0.5) is 4.79 Å². The van der Waals surface area contributed by atoms with Crippen molar-refractivity contribution in [2.24, 2.45) is 5.92 Å².